The lowest BCUT2D eigenvalue weighted by Crippen LogP contribution is -2.52. The Bertz CT molecular complexity index is 1470. The van der Waals surface area contributed by atoms with Crippen molar-refractivity contribution in [3.63, 3.8) is 0 Å². The van der Waals surface area contributed by atoms with Crippen LogP contribution in [0.5, 0.6) is 5.75 Å². The fourth-order valence-electron chi connectivity index (χ4n) is 2.89. The zero-order chi connectivity index (χ0) is 33.6. The van der Waals surface area contributed by atoms with Gasteiger partial charge in [-0.1, -0.05) is 32.9 Å². The summed E-state index contributed by atoms with van der Waals surface area (Å²) in [6.07, 6.45) is -9.00. The minimum atomic E-state index is -6.54. The summed E-state index contributed by atoms with van der Waals surface area (Å²) in [5.41, 5.74) is -0.418. The number of hydrogen-bond donors (Lipinski definition) is 2. The molecule has 0 heterocycles. The Hall–Kier alpha value is -3.15. The van der Waals surface area contributed by atoms with E-state index in [2.05, 4.69) is 18.6 Å². The van der Waals surface area contributed by atoms with Crippen LogP contribution >= 0.6 is 0 Å². The first-order valence-electron chi connectivity index (χ1n) is 12.4. The summed E-state index contributed by atoms with van der Waals surface area (Å²) in [6, 6.07) is 9.97. The van der Waals surface area contributed by atoms with E-state index >= 15 is 0 Å². The molecular weight excluding hydrogens is 631 g/mol. The van der Waals surface area contributed by atoms with Gasteiger partial charge in [-0.25, -0.2) is 4.79 Å². The van der Waals surface area contributed by atoms with Gasteiger partial charge >= 0.3 is 33.5 Å². The Balaban J connectivity index is 0.000000549. The van der Waals surface area contributed by atoms with Crippen LogP contribution in [0.3, 0.4) is 0 Å². The molecule has 0 aliphatic heterocycles. The number of rotatable bonds is 10. The smallest absolute Gasteiger partial charge is 0.432 e. The van der Waals surface area contributed by atoms with Gasteiger partial charge in [0.15, 0.2) is 0 Å². The molecule has 0 bridgehead atoms. The number of ether oxygens (including phenoxy) is 2. The third kappa shape index (κ3) is 10.5. The molecule has 2 N–H and O–H groups in total. The monoisotopic (exact) mass is 662 g/mol. The van der Waals surface area contributed by atoms with Gasteiger partial charge in [0.1, 0.15) is 5.75 Å². The maximum absolute atomic E-state index is 13.4. The Morgan fingerprint density at radius 1 is 0.860 bits per heavy atom. The fourth-order valence-corrected chi connectivity index (χ4v) is 3.82. The largest absolute Gasteiger partial charge is 0.441 e. The summed E-state index contributed by atoms with van der Waals surface area (Å²) < 4.78 is 134. The van der Waals surface area contributed by atoms with Gasteiger partial charge < -0.3 is 9.47 Å². The Labute approximate surface area is 245 Å². The van der Waals surface area contributed by atoms with Gasteiger partial charge in [0.25, 0.3) is 16.2 Å². The summed E-state index contributed by atoms with van der Waals surface area (Å²) in [6.45, 7) is 9.09. The predicted molar refractivity (Wildman–Crippen MR) is 143 cm³/mol. The van der Waals surface area contributed by atoms with E-state index < -0.39 is 60.7 Å². The topological polar surface area (TPSA) is 161 Å². The van der Waals surface area contributed by atoms with Gasteiger partial charge in [-0.3, -0.25) is 13.9 Å². The van der Waals surface area contributed by atoms with Crippen molar-refractivity contribution in [1.29, 1.82) is 0 Å². The highest BCUT2D eigenvalue weighted by atomic mass is 32.2. The standard InChI is InChI=1S/C16H17F5O7S.C10H14O3S/c1-4-14(2,3)13(23)27-10-7-5-9(6-8-10)11(22)28-12(15(17,18)19)16(20,21)29(24,25)26;1-3-8(2)9-4-6-10(7-5-9)14(11,12)13/h5-8,12H,4H2,1-3H3,(H,24,25,26);4-8H,3H2,1-2H3,(H,11,12,13). The fraction of sp³-hybridized carbons (Fsp3) is 0.462. The second kappa shape index (κ2) is 14.1. The number of carbonyl (C=O) groups is 2. The highest BCUT2D eigenvalue weighted by Gasteiger charge is 2.66. The summed E-state index contributed by atoms with van der Waals surface area (Å²) in [5.74, 6) is -2.24. The third-order valence-corrected chi connectivity index (χ3v) is 8.04. The number of carbonyl (C=O) groups excluding carboxylic acids is 2. The molecule has 0 spiro atoms. The van der Waals surface area contributed by atoms with Crippen molar-refractivity contribution in [2.45, 2.75) is 75.8 Å². The van der Waals surface area contributed by atoms with Crippen LogP contribution in [0.2, 0.25) is 0 Å². The lowest BCUT2D eigenvalue weighted by Gasteiger charge is -2.26. The van der Waals surface area contributed by atoms with Crippen molar-refractivity contribution in [2.75, 3.05) is 0 Å². The maximum Gasteiger partial charge on any atom is 0.432 e. The molecule has 2 aromatic carbocycles. The van der Waals surface area contributed by atoms with Crippen molar-refractivity contribution < 1.29 is 67.0 Å². The zero-order valence-corrected chi connectivity index (χ0v) is 25.2. The van der Waals surface area contributed by atoms with Crippen LogP contribution in [0, 0.1) is 5.41 Å². The highest BCUT2D eigenvalue weighted by molar-refractivity contribution is 7.87. The van der Waals surface area contributed by atoms with E-state index in [0.29, 0.717) is 12.3 Å². The molecule has 242 valence electrons. The molecule has 0 fully saturated rings. The van der Waals surface area contributed by atoms with Gasteiger partial charge in [-0.05, 0) is 74.6 Å². The summed E-state index contributed by atoms with van der Waals surface area (Å²) in [5, 5.41) is -5.83. The molecule has 0 saturated heterocycles. The average Bonchev–Trinajstić information content (AvgIpc) is 2.90. The maximum atomic E-state index is 13.4. The first kappa shape index (κ1) is 37.9. The second-order valence-corrected chi connectivity index (χ2v) is 12.8. The molecular formula is C26H31F5O10S2. The van der Waals surface area contributed by atoms with Crippen molar-refractivity contribution >= 4 is 32.2 Å². The van der Waals surface area contributed by atoms with Crippen LogP contribution in [-0.4, -0.2) is 55.4 Å². The number of hydrogen-bond acceptors (Lipinski definition) is 8. The normalized spacial score (nSPS) is 14.1. The number of alkyl halides is 5. The van der Waals surface area contributed by atoms with Gasteiger partial charge in [-0.2, -0.15) is 38.8 Å². The van der Waals surface area contributed by atoms with Crippen LogP contribution in [-0.2, 0) is 29.8 Å². The SMILES string of the molecule is CCC(C)(C)C(=O)Oc1ccc(C(=O)OC(C(F)(F)F)C(F)(F)S(=O)(=O)O)cc1.CCC(C)c1ccc(S(=O)(=O)O)cc1. The molecule has 0 aliphatic rings. The van der Waals surface area contributed by atoms with Crippen LogP contribution < -0.4 is 4.74 Å². The first-order valence-corrected chi connectivity index (χ1v) is 15.3. The Morgan fingerprint density at radius 2 is 1.35 bits per heavy atom. The molecule has 0 radical (unpaired) electrons. The Morgan fingerprint density at radius 3 is 1.72 bits per heavy atom. The Kier molecular flexibility index (Phi) is 12.4. The number of benzene rings is 2. The number of halogens is 5. The lowest BCUT2D eigenvalue weighted by molar-refractivity contribution is -0.248. The molecule has 2 rings (SSSR count). The van der Waals surface area contributed by atoms with Gasteiger partial charge in [-0.15, -0.1) is 0 Å². The van der Waals surface area contributed by atoms with E-state index in [1.54, 1.807) is 32.9 Å². The van der Waals surface area contributed by atoms with Gasteiger partial charge in [0.2, 0.25) is 0 Å². The summed E-state index contributed by atoms with van der Waals surface area (Å²) in [4.78, 5) is 23.7. The molecule has 17 heteroatoms. The lowest BCUT2D eigenvalue weighted by atomic mass is 9.91. The average molecular weight is 663 g/mol. The first-order chi connectivity index (χ1) is 19.4. The summed E-state index contributed by atoms with van der Waals surface area (Å²) >= 11 is 0. The second-order valence-electron chi connectivity index (χ2n) is 9.87. The van der Waals surface area contributed by atoms with E-state index in [0.717, 1.165) is 36.2 Å². The molecule has 0 aromatic heterocycles. The van der Waals surface area contributed by atoms with Gasteiger partial charge in [0.05, 0.1) is 15.9 Å². The number of esters is 2. The van der Waals surface area contributed by atoms with E-state index in [9.17, 15) is 48.4 Å². The molecule has 43 heavy (non-hydrogen) atoms. The van der Waals surface area contributed by atoms with Crippen molar-refractivity contribution in [3.8, 4) is 5.75 Å². The predicted octanol–water partition coefficient (Wildman–Crippen LogP) is 6.04. The van der Waals surface area contributed by atoms with Crippen LogP contribution in [0.25, 0.3) is 0 Å². The molecule has 2 unspecified atom stereocenters. The molecule has 2 atom stereocenters. The minimum Gasteiger partial charge on any atom is -0.441 e. The van der Waals surface area contributed by atoms with Crippen LogP contribution in [0.4, 0.5) is 22.0 Å². The molecule has 0 amide bonds. The van der Waals surface area contributed by atoms with Gasteiger partial charge in [0, 0.05) is 0 Å². The zero-order valence-electron chi connectivity index (χ0n) is 23.6. The molecule has 0 aliphatic carbocycles. The molecule has 0 saturated carbocycles. The minimum absolute atomic E-state index is 0.0513. The summed E-state index contributed by atoms with van der Waals surface area (Å²) in [7, 11) is -10.6. The molecule has 10 nitrogen and oxygen atoms in total. The van der Waals surface area contributed by atoms with E-state index in [-0.39, 0.29) is 10.6 Å². The van der Waals surface area contributed by atoms with E-state index in [1.165, 1.54) is 12.1 Å². The van der Waals surface area contributed by atoms with Crippen molar-refractivity contribution in [2.24, 2.45) is 5.41 Å². The molecule has 2 aromatic rings. The van der Waals surface area contributed by atoms with Crippen LogP contribution in [0.1, 0.15) is 69.3 Å². The van der Waals surface area contributed by atoms with E-state index in [4.69, 9.17) is 13.8 Å². The van der Waals surface area contributed by atoms with Crippen molar-refractivity contribution in [3.05, 3.63) is 59.7 Å². The van der Waals surface area contributed by atoms with E-state index in [1.807, 2.05) is 0 Å². The van der Waals surface area contributed by atoms with Crippen molar-refractivity contribution in [1.82, 2.24) is 0 Å². The quantitative estimate of drug-likeness (QED) is 0.133. The third-order valence-electron chi connectivity index (χ3n) is 6.27. The van der Waals surface area contributed by atoms with Crippen LogP contribution in [0.15, 0.2) is 53.4 Å². The highest BCUT2D eigenvalue weighted by Crippen LogP contribution is 2.38.